The Balaban J connectivity index is 1.78. The zero-order chi connectivity index (χ0) is 15.5. The van der Waals surface area contributed by atoms with Gasteiger partial charge in [0, 0.05) is 30.1 Å². The van der Waals surface area contributed by atoms with E-state index in [-0.39, 0.29) is 12.1 Å². The molecule has 21 heavy (non-hydrogen) atoms. The third-order valence-electron chi connectivity index (χ3n) is 3.31. The van der Waals surface area contributed by atoms with Gasteiger partial charge in [-0.2, -0.15) is 0 Å². The molecule has 0 bridgehead atoms. The molecule has 5 heteroatoms. The Morgan fingerprint density at radius 3 is 2.67 bits per heavy atom. The van der Waals surface area contributed by atoms with Gasteiger partial charge in [-0.1, -0.05) is 28.1 Å². The zero-order valence-corrected chi connectivity index (χ0v) is 14.4. The number of nitrogens with one attached hydrogen (secondary N) is 1. The van der Waals surface area contributed by atoms with Crippen molar-refractivity contribution < 1.29 is 9.53 Å². The summed E-state index contributed by atoms with van der Waals surface area (Å²) in [6, 6.07) is 8.54. The van der Waals surface area contributed by atoms with Gasteiger partial charge in [-0.15, -0.1) is 0 Å². The number of alkyl carbamates (subject to hydrolysis) is 1. The molecule has 1 aromatic rings. The first-order valence-electron chi connectivity index (χ1n) is 7.28. The van der Waals surface area contributed by atoms with Gasteiger partial charge in [0.25, 0.3) is 0 Å². The van der Waals surface area contributed by atoms with E-state index in [0.29, 0.717) is 0 Å². The van der Waals surface area contributed by atoms with Crippen molar-refractivity contribution in [2.24, 2.45) is 0 Å². The lowest BCUT2D eigenvalue weighted by atomic mass is 10.2. The summed E-state index contributed by atoms with van der Waals surface area (Å²) in [7, 11) is 0. The molecule has 1 aromatic carbocycles. The lowest BCUT2D eigenvalue weighted by molar-refractivity contribution is 0.0506. The number of likely N-dealkylation sites (tertiary alicyclic amines) is 1. The fourth-order valence-electron chi connectivity index (χ4n) is 2.42. The van der Waals surface area contributed by atoms with E-state index >= 15 is 0 Å². The Kier molecular flexibility index (Phi) is 5.27. The van der Waals surface area contributed by atoms with E-state index in [9.17, 15) is 4.79 Å². The first kappa shape index (κ1) is 16.3. The standard InChI is InChI=1S/C16H23BrN2O2/c1-16(2,3)21-15(20)18-14-8-9-19(11-14)10-12-4-6-13(17)7-5-12/h4-7,14H,8-11H2,1-3H3,(H,18,20)/t14-/m1/s1. The van der Waals surface area contributed by atoms with Crippen LogP contribution in [0, 0.1) is 0 Å². The van der Waals surface area contributed by atoms with E-state index in [1.807, 2.05) is 20.8 Å². The predicted octanol–water partition coefficient (Wildman–Crippen LogP) is 3.55. The Labute approximate surface area is 135 Å². The molecule has 1 saturated heterocycles. The average Bonchev–Trinajstić information content (AvgIpc) is 2.77. The molecule has 1 atom stereocenters. The first-order chi connectivity index (χ1) is 9.82. The van der Waals surface area contributed by atoms with Crippen LogP contribution in [-0.2, 0) is 11.3 Å². The number of carbonyl (C=O) groups excluding carboxylic acids is 1. The van der Waals surface area contributed by atoms with Crippen LogP contribution in [0.4, 0.5) is 4.79 Å². The molecular weight excluding hydrogens is 332 g/mol. The molecule has 1 aliphatic heterocycles. The van der Waals surface area contributed by atoms with E-state index in [0.717, 1.165) is 30.5 Å². The van der Waals surface area contributed by atoms with Crippen LogP contribution in [0.15, 0.2) is 28.7 Å². The molecule has 0 aliphatic carbocycles. The maximum Gasteiger partial charge on any atom is 0.407 e. The summed E-state index contributed by atoms with van der Waals surface area (Å²) in [6.45, 7) is 8.41. The fraction of sp³-hybridized carbons (Fsp3) is 0.562. The van der Waals surface area contributed by atoms with Gasteiger partial charge in [0.15, 0.2) is 0 Å². The van der Waals surface area contributed by atoms with Crippen LogP contribution in [0.2, 0.25) is 0 Å². The number of halogens is 1. The fourth-order valence-corrected chi connectivity index (χ4v) is 2.68. The number of hydrogen-bond donors (Lipinski definition) is 1. The molecule has 1 amide bonds. The number of carbonyl (C=O) groups is 1. The third kappa shape index (κ3) is 5.67. The number of benzene rings is 1. The maximum atomic E-state index is 11.8. The third-order valence-corrected chi connectivity index (χ3v) is 3.84. The van der Waals surface area contributed by atoms with Crippen molar-refractivity contribution in [1.82, 2.24) is 10.2 Å². The molecule has 2 rings (SSSR count). The Hall–Kier alpha value is -1.07. The summed E-state index contributed by atoms with van der Waals surface area (Å²) in [4.78, 5) is 14.1. The minimum absolute atomic E-state index is 0.176. The van der Waals surface area contributed by atoms with Crippen molar-refractivity contribution in [1.29, 1.82) is 0 Å². The van der Waals surface area contributed by atoms with Crippen LogP contribution in [0.1, 0.15) is 32.8 Å². The Morgan fingerprint density at radius 2 is 2.05 bits per heavy atom. The monoisotopic (exact) mass is 354 g/mol. The molecule has 1 fully saturated rings. The van der Waals surface area contributed by atoms with Crippen LogP contribution in [0.5, 0.6) is 0 Å². The molecule has 4 nitrogen and oxygen atoms in total. The van der Waals surface area contributed by atoms with Gasteiger partial charge in [-0.25, -0.2) is 4.79 Å². The minimum atomic E-state index is -0.445. The smallest absolute Gasteiger partial charge is 0.407 e. The first-order valence-corrected chi connectivity index (χ1v) is 8.07. The molecule has 1 aliphatic rings. The molecule has 1 N–H and O–H groups in total. The molecule has 0 unspecified atom stereocenters. The molecular formula is C16H23BrN2O2. The highest BCUT2D eigenvalue weighted by atomic mass is 79.9. The minimum Gasteiger partial charge on any atom is -0.444 e. The Bertz CT molecular complexity index is 482. The SMILES string of the molecule is CC(C)(C)OC(=O)N[C@@H]1CCN(Cc2ccc(Br)cc2)C1. The zero-order valence-electron chi connectivity index (χ0n) is 12.9. The van der Waals surface area contributed by atoms with Gasteiger partial charge in [0.05, 0.1) is 0 Å². The topological polar surface area (TPSA) is 41.6 Å². The number of ether oxygens (including phenoxy) is 1. The largest absolute Gasteiger partial charge is 0.444 e. The van der Waals surface area contributed by atoms with Gasteiger partial charge < -0.3 is 10.1 Å². The summed E-state index contributed by atoms with van der Waals surface area (Å²) < 4.78 is 6.39. The number of hydrogen-bond acceptors (Lipinski definition) is 3. The van der Waals surface area contributed by atoms with Crippen molar-refractivity contribution in [3.8, 4) is 0 Å². The van der Waals surface area contributed by atoms with E-state index in [4.69, 9.17) is 4.74 Å². The second-order valence-corrected chi connectivity index (χ2v) is 7.41. The Morgan fingerprint density at radius 1 is 1.38 bits per heavy atom. The van der Waals surface area contributed by atoms with Crippen LogP contribution in [0.25, 0.3) is 0 Å². The maximum absolute atomic E-state index is 11.8. The molecule has 116 valence electrons. The average molecular weight is 355 g/mol. The van der Waals surface area contributed by atoms with E-state index in [2.05, 4.69) is 50.4 Å². The second kappa shape index (κ2) is 6.79. The normalized spacial score (nSPS) is 19.5. The van der Waals surface area contributed by atoms with Crippen LogP contribution in [0.3, 0.4) is 0 Å². The van der Waals surface area contributed by atoms with Crippen molar-refractivity contribution in [2.45, 2.75) is 45.4 Å². The highest BCUT2D eigenvalue weighted by molar-refractivity contribution is 9.10. The van der Waals surface area contributed by atoms with E-state index in [1.165, 1.54) is 5.56 Å². The number of amides is 1. The van der Waals surface area contributed by atoms with Gasteiger partial charge in [-0.3, -0.25) is 4.90 Å². The molecule has 0 aromatic heterocycles. The summed E-state index contributed by atoms with van der Waals surface area (Å²) >= 11 is 3.44. The lowest BCUT2D eigenvalue weighted by Crippen LogP contribution is -2.40. The number of nitrogens with zero attached hydrogens (tertiary/aromatic N) is 1. The molecule has 1 heterocycles. The highest BCUT2D eigenvalue weighted by Gasteiger charge is 2.25. The van der Waals surface area contributed by atoms with Crippen molar-refractivity contribution in [3.05, 3.63) is 34.3 Å². The summed E-state index contributed by atoms with van der Waals surface area (Å²) in [5, 5.41) is 2.95. The highest BCUT2D eigenvalue weighted by Crippen LogP contribution is 2.16. The van der Waals surface area contributed by atoms with Gasteiger partial charge in [0.1, 0.15) is 5.60 Å². The van der Waals surface area contributed by atoms with Crippen LogP contribution >= 0.6 is 15.9 Å². The molecule has 0 radical (unpaired) electrons. The summed E-state index contributed by atoms with van der Waals surface area (Å²) in [5.74, 6) is 0. The van der Waals surface area contributed by atoms with Gasteiger partial charge >= 0.3 is 6.09 Å². The van der Waals surface area contributed by atoms with Crippen molar-refractivity contribution in [2.75, 3.05) is 13.1 Å². The van der Waals surface area contributed by atoms with Crippen LogP contribution < -0.4 is 5.32 Å². The van der Waals surface area contributed by atoms with Crippen molar-refractivity contribution >= 4 is 22.0 Å². The van der Waals surface area contributed by atoms with Crippen molar-refractivity contribution in [3.63, 3.8) is 0 Å². The van der Waals surface area contributed by atoms with E-state index in [1.54, 1.807) is 0 Å². The molecule has 0 saturated carbocycles. The second-order valence-electron chi connectivity index (χ2n) is 6.49. The summed E-state index contributed by atoms with van der Waals surface area (Å²) in [5.41, 5.74) is 0.843. The summed E-state index contributed by atoms with van der Waals surface area (Å²) in [6.07, 6.45) is 0.647. The van der Waals surface area contributed by atoms with Gasteiger partial charge in [0.2, 0.25) is 0 Å². The molecule has 0 spiro atoms. The predicted molar refractivity (Wildman–Crippen MR) is 87.2 cm³/mol. The van der Waals surface area contributed by atoms with Gasteiger partial charge in [-0.05, 0) is 44.9 Å². The van der Waals surface area contributed by atoms with E-state index < -0.39 is 5.60 Å². The number of rotatable bonds is 3. The van der Waals surface area contributed by atoms with Crippen LogP contribution in [-0.4, -0.2) is 35.7 Å². The quantitative estimate of drug-likeness (QED) is 0.902. The lowest BCUT2D eigenvalue weighted by Gasteiger charge is -2.22.